The molecule has 1 atom stereocenters. The maximum absolute atomic E-state index is 9.38. The summed E-state index contributed by atoms with van der Waals surface area (Å²) >= 11 is 0. The average Bonchev–Trinajstić information content (AvgIpc) is 2.38. The number of rotatable bonds is 4. The molecular formula is C14H23N3O2. The second-order valence-corrected chi connectivity index (χ2v) is 5.58. The topological polar surface area (TPSA) is 57.6 Å². The number of morpholine rings is 1. The smallest absolute Gasteiger partial charge is 0.133 e. The van der Waals surface area contributed by atoms with Gasteiger partial charge < -0.3 is 20.1 Å². The largest absolute Gasteiger partial charge is 0.394 e. The number of hydrogen-bond donors (Lipinski definition) is 2. The molecule has 0 bridgehead atoms. The molecule has 0 aliphatic carbocycles. The van der Waals surface area contributed by atoms with Crippen LogP contribution in [-0.4, -0.2) is 48.5 Å². The minimum absolute atomic E-state index is 0.0358. The van der Waals surface area contributed by atoms with Gasteiger partial charge in [-0.2, -0.15) is 0 Å². The van der Waals surface area contributed by atoms with Crippen molar-refractivity contribution < 1.29 is 9.84 Å². The Hall–Kier alpha value is -1.17. The molecule has 1 saturated heterocycles. The second kappa shape index (κ2) is 5.86. The van der Waals surface area contributed by atoms with Crippen LogP contribution in [0.5, 0.6) is 0 Å². The van der Waals surface area contributed by atoms with Crippen LogP contribution in [0.15, 0.2) is 18.3 Å². The van der Waals surface area contributed by atoms with Gasteiger partial charge in [0.2, 0.25) is 0 Å². The van der Waals surface area contributed by atoms with E-state index in [1.54, 1.807) is 0 Å². The summed E-state index contributed by atoms with van der Waals surface area (Å²) in [6, 6.07) is 4.03. The van der Waals surface area contributed by atoms with E-state index < -0.39 is 0 Å². The molecule has 1 aromatic heterocycles. The highest BCUT2D eigenvalue weighted by Crippen LogP contribution is 2.26. The van der Waals surface area contributed by atoms with Crippen LogP contribution in [0.1, 0.15) is 19.4 Å². The van der Waals surface area contributed by atoms with Gasteiger partial charge in [-0.3, -0.25) is 0 Å². The fraction of sp³-hybridized carbons (Fsp3) is 0.643. The summed E-state index contributed by atoms with van der Waals surface area (Å²) in [4.78, 5) is 6.71. The summed E-state index contributed by atoms with van der Waals surface area (Å²) in [5.41, 5.74) is 0.888. The second-order valence-electron chi connectivity index (χ2n) is 5.58. The molecule has 0 aromatic carbocycles. The first-order valence-corrected chi connectivity index (χ1v) is 6.68. The van der Waals surface area contributed by atoms with E-state index in [2.05, 4.69) is 21.3 Å². The molecule has 2 N–H and O–H groups in total. The summed E-state index contributed by atoms with van der Waals surface area (Å²) in [6.07, 6.45) is 1.65. The van der Waals surface area contributed by atoms with Crippen LogP contribution in [0.4, 0.5) is 5.82 Å². The minimum atomic E-state index is -0.278. The monoisotopic (exact) mass is 265 g/mol. The van der Waals surface area contributed by atoms with Gasteiger partial charge in [-0.1, -0.05) is 6.07 Å². The van der Waals surface area contributed by atoms with Crippen LogP contribution in [0.25, 0.3) is 0 Å². The molecule has 1 aliphatic rings. The molecule has 1 unspecified atom stereocenters. The van der Waals surface area contributed by atoms with Crippen LogP contribution < -0.4 is 10.2 Å². The number of anilines is 1. The maximum atomic E-state index is 9.38. The van der Waals surface area contributed by atoms with Gasteiger partial charge in [0, 0.05) is 31.4 Å². The number of ether oxygens (including phenoxy) is 1. The quantitative estimate of drug-likeness (QED) is 0.842. The van der Waals surface area contributed by atoms with Crippen molar-refractivity contribution in [3.63, 3.8) is 0 Å². The molecule has 2 heterocycles. The predicted octanol–water partition coefficient (Wildman–Crippen LogP) is 0.777. The lowest BCUT2D eigenvalue weighted by Crippen LogP contribution is -2.54. The van der Waals surface area contributed by atoms with E-state index in [9.17, 15) is 5.11 Å². The van der Waals surface area contributed by atoms with Crippen LogP contribution in [0.2, 0.25) is 0 Å². The van der Waals surface area contributed by atoms with Crippen molar-refractivity contribution in [1.82, 2.24) is 10.3 Å². The molecule has 0 amide bonds. The van der Waals surface area contributed by atoms with Gasteiger partial charge in [0.25, 0.3) is 0 Å². The van der Waals surface area contributed by atoms with Gasteiger partial charge >= 0.3 is 0 Å². The zero-order valence-corrected chi connectivity index (χ0v) is 11.9. The van der Waals surface area contributed by atoms with E-state index in [0.717, 1.165) is 18.9 Å². The van der Waals surface area contributed by atoms with Crippen LogP contribution >= 0.6 is 0 Å². The SMILES string of the molecule is CNCc1cccnc1N1CC(CO)OC(C)(C)C1. The van der Waals surface area contributed by atoms with Gasteiger partial charge in [0.05, 0.1) is 18.3 Å². The maximum Gasteiger partial charge on any atom is 0.133 e. The van der Waals surface area contributed by atoms with Gasteiger partial charge in [-0.15, -0.1) is 0 Å². The average molecular weight is 265 g/mol. The summed E-state index contributed by atoms with van der Waals surface area (Å²) in [5, 5.41) is 12.5. The highest BCUT2D eigenvalue weighted by Gasteiger charge is 2.34. The summed E-state index contributed by atoms with van der Waals surface area (Å²) < 4.78 is 5.84. The molecular weight excluding hydrogens is 242 g/mol. The molecule has 1 fully saturated rings. The van der Waals surface area contributed by atoms with Crippen molar-refractivity contribution >= 4 is 5.82 Å². The minimum Gasteiger partial charge on any atom is -0.394 e. The molecule has 5 nitrogen and oxygen atoms in total. The Morgan fingerprint density at radius 2 is 2.37 bits per heavy atom. The lowest BCUT2D eigenvalue weighted by Gasteiger charge is -2.43. The van der Waals surface area contributed by atoms with E-state index >= 15 is 0 Å². The van der Waals surface area contributed by atoms with Crippen molar-refractivity contribution in [1.29, 1.82) is 0 Å². The molecule has 1 aliphatic heterocycles. The first-order chi connectivity index (χ1) is 9.05. The zero-order chi connectivity index (χ0) is 13.9. The van der Waals surface area contributed by atoms with E-state index in [4.69, 9.17) is 4.74 Å². The highest BCUT2D eigenvalue weighted by atomic mass is 16.5. The van der Waals surface area contributed by atoms with Crippen LogP contribution in [0, 0.1) is 0 Å². The number of aromatic nitrogens is 1. The Kier molecular flexibility index (Phi) is 4.39. The fourth-order valence-electron chi connectivity index (χ4n) is 2.60. The Morgan fingerprint density at radius 3 is 3.05 bits per heavy atom. The standard InChI is InChI=1S/C14H23N3O2/c1-14(2)10-17(8-12(9-18)19-14)13-11(7-15-3)5-4-6-16-13/h4-6,12,15,18H,7-10H2,1-3H3. The predicted molar refractivity (Wildman–Crippen MR) is 75.3 cm³/mol. The zero-order valence-electron chi connectivity index (χ0n) is 11.9. The van der Waals surface area contributed by atoms with Crippen LogP contribution in [-0.2, 0) is 11.3 Å². The number of nitrogens with one attached hydrogen (secondary N) is 1. The first-order valence-electron chi connectivity index (χ1n) is 6.68. The number of hydrogen-bond acceptors (Lipinski definition) is 5. The Bertz CT molecular complexity index is 423. The molecule has 0 saturated carbocycles. The van der Waals surface area contributed by atoms with E-state index in [0.29, 0.717) is 6.54 Å². The molecule has 1 aromatic rings. The van der Waals surface area contributed by atoms with Gasteiger partial charge in [-0.05, 0) is 27.0 Å². The fourth-order valence-corrected chi connectivity index (χ4v) is 2.60. The summed E-state index contributed by atoms with van der Waals surface area (Å²) in [5.74, 6) is 0.978. The van der Waals surface area contributed by atoms with Crippen LogP contribution in [0.3, 0.4) is 0 Å². The van der Waals surface area contributed by atoms with E-state index in [1.807, 2.05) is 33.2 Å². The van der Waals surface area contributed by atoms with Crippen molar-refractivity contribution in [2.75, 3.05) is 31.6 Å². The van der Waals surface area contributed by atoms with Crippen molar-refractivity contribution in [3.8, 4) is 0 Å². The van der Waals surface area contributed by atoms with Crippen molar-refractivity contribution in [2.45, 2.75) is 32.1 Å². The third kappa shape index (κ3) is 3.43. The Morgan fingerprint density at radius 1 is 1.58 bits per heavy atom. The molecule has 5 heteroatoms. The van der Waals surface area contributed by atoms with Gasteiger partial charge in [0.15, 0.2) is 0 Å². The molecule has 0 radical (unpaired) electrons. The van der Waals surface area contributed by atoms with E-state index in [1.165, 1.54) is 5.56 Å². The number of pyridine rings is 1. The lowest BCUT2D eigenvalue weighted by atomic mass is 10.0. The summed E-state index contributed by atoms with van der Waals surface area (Å²) in [7, 11) is 1.93. The van der Waals surface area contributed by atoms with Gasteiger partial charge in [-0.25, -0.2) is 4.98 Å². The van der Waals surface area contributed by atoms with Gasteiger partial charge in [0.1, 0.15) is 5.82 Å². The molecule has 2 rings (SSSR count). The molecule has 19 heavy (non-hydrogen) atoms. The molecule has 0 spiro atoms. The Balaban J connectivity index is 2.25. The normalized spacial score (nSPS) is 22.5. The lowest BCUT2D eigenvalue weighted by molar-refractivity contribution is -0.101. The third-order valence-corrected chi connectivity index (χ3v) is 3.22. The van der Waals surface area contributed by atoms with Crippen molar-refractivity contribution in [3.05, 3.63) is 23.9 Å². The Labute approximate surface area is 114 Å². The number of nitrogens with zero attached hydrogens (tertiary/aromatic N) is 2. The van der Waals surface area contributed by atoms with E-state index in [-0.39, 0.29) is 18.3 Å². The number of aliphatic hydroxyl groups excluding tert-OH is 1. The third-order valence-electron chi connectivity index (χ3n) is 3.22. The first kappa shape index (κ1) is 14.2. The summed E-state index contributed by atoms with van der Waals surface area (Å²) in [6.45, 7) is 6.36. The number of aliphatic hydroxyl groups is 1. The van der Waals surface area contributed by atoms with Crippen molar-refractivity contribution in [2.24, 2.45) is 0 Å². The molecule has 106 valence electrons. The highest BCUT2D eigenvalue weighted by molar-refractivity contribution is 5.47.